The van der Waals surface area contributed by atoms with Crippen LogP contribution in [0.2, 0.25) is 58.9 Å². The first-order chi connectivity index (χ1) is 15.4. The number of rotatable bonds is 7. The lowest BCUT2D eigenvalue weighted by atomic mass is 9.82. The largest absolute Gasteiger partial charge is 0.544 e. The number of carbonyl (C=O) groups excluding carboxylic acids is 2. The van der Waals surface area contributed by atoms with Crippen LogP contribution in [-0.2, 0) is 0 Å². The molecule has 0 atom stereocenters. The van der Waals surface area contributed by atoms with E-state index in [1.807, 2.05) is 46.2 Å². The second-order valence-corrected chi connectivity index (χ2v) is 24.9. The van der Waals surface area contributed by atoms with Crippen molar-refractivity contribution in [3.05, 3.63) is 46.0 Å². The Morgan fingerprint density at radius 1 is 0.618 bits per heavy atom. The van der Waals surface area contributed by atoms with Crippen molar-refractivity contribution in [1.29, 1.82) is 0 Å². The summed E-state index contributed by atoms with van der Waals surface area (Å²) in [6, 6.07) is 5.07. The zero-order valence-electron chi connectivity index (χ0n) is 22.2. The van der Waals surface area contributed by atoms with Crippen LogP contribution in [0, 0.1) is 6.92 Å². The van der Waals surface area contributed by atoms with E-state index in [0.29, 0.717) is 34.1 Å². The number of fused-ring (bicyclic) bond motifs is 2. The number of ether oxygens (including phenoxy) is 1. The summed E-state index contributed by atoms with van der Waals surface area (Å²) in [5.74, 6) is 1.28. The molecule has 0 aromatic heterocycles. The van der Waals surface area contributed by atoms with E-state index in [2.05, 4.69) is 19.6 Å². The van der Waals surface area contributed by atoms with Crippen molar-refractivity contribution < 1.29 is 27.6 Å². The molecule has 0 unspecified atom stereocenters. The van der Waals surface area contributed by atoms with E-state index in [1.54, 1.807) is 18.2 Å². The molecule has 2 aromatic carbocycles. The zero-order chi connectivity index (χ0) is 25.8. The first-order valence-corrected chi connectivity index (χ1v) is 21.7. The summed E-state index contributed by atoms with van der Waals surface area (Å²) in [6.45, 7) is 20.4. The molecule has 0 heterocycles. The summed E-state index contributed by atoms with van der Waals surface area (Å²) in [4.78, 5) is 27.9. The molecular formula is C25H36O6Si3. The lowest BCUT2D eigenvalue weighted by Crippen LogP contribution is -2.35. The Bertz CT molecular complexity index is 1170. The number of ketones is 2. The van der Waals surface area contributed by atoms with Gasteiger partial charge in [0.1, 0.15) is 17.2 Å². The van der Waals surface area contributed by atoms with Crippen molar-refractivity contribution in [2.45, 2.75) is 65.8 Å². The van der Waals surface area contributed by atoms with Crippen LogP contribution in [0.3, 0.4) is 0 Å². The van der Waals surface area contributed by atoms with E-state index in [9.17, 15) is 9.59 Å². The number of carbonyl (C=O) groups is 2. The summed E-state index contributed by atoms with van der Waals surface area (Å²) >= 11 is 0. The van der Waals surface area contributed by atoms with Crippen LogP contribution in [0.4, 0.5) is 0 Å². The number of methoxy groups -OCH3 is 1. The number of hydrogen-bond acceptors (Lipinski definition) is 6. The van der Waals surface area contributed by atoms with Gasteiger partial charge in [-0.15, -0.1) is 0 Å². The molecule has 0 saturated heterocycles. The normalized spacial score (nSPS) is 13.9. The maximum Gasteiger partial charge on any atom is 0.242 e. The van der Waals surface area contributed by atoms with Gasteiger partial charge in [-0.05, 0) is 83.5 Å². The fraction of sp³-hybridized carbons (Fsp3) is 0.440. The van der Waals surface area contributed by atoms with E-state index in [4.69, 9.17) is 18.0 Å². The highest BCUT2D eigenvalue weighted by Gasteiger charge is 2.40. The molecule has 2 aromatic rings. The third-order valence-electron chi connectivity index (χ3n) is 4.91. The van der Waals surface area contributed by atoms with Crippen LogP contribution >= 0.6 is 0 Å². The van der Waals surface area contributed by atoms with E-state index in [1.165, 1.54) is 7.11 Å². The predicted octanol–water partition coefficient (Wildman–Crippen LogP) is 6.42. The van der Waals surface area contributed by atoms with Crippen LogP contribution in [-0.4, -0.2) is 43.6 Å². The fourth-order valence-corrected chi connectivity index (χ4v) is 6.31. The Labute approximate surface area is 206 Å². The SMILES string of the molecule is COc1cc(O[Si](C)(C)C)c2c(c1)C(=O)c1cc(C)c(O[Si](C)(C)C)c(O[Si](C)(C)C)c1C2=O. The van der Waals surface area contributed by atoms with Crippen molar-refractivity contribution >= 4 is 36.5 Å². The predicted molar refractivity (Wildman–Crippen MR) is 143 cm³/mol. The Morgan fingerprint density at radius 2 is 1.12 bits per heavy atom. The van der Waals surface area contributed by atoms with Gasteiger partial charge >= 0.3 is 0 Å². The smallest absolute Gasteiger partial charge is 0.242 e. The molecule has 3 rings (SSSR count). The number of hydrogen-bond donors (Lipinski definition) is 0. The van der Waals surface area contributed by atoms with Crippen LogP contribution < -0.4 is 18.0 Å². The summed E-state index contributed by atoms with van der Waals surface area (Å²) in [5, 5.41) is 0. The van der Waals surface area contributed by atoms with E-state index < -0.39 is 25.0 Å². The van der Waals surface area contributed by atoms with Gasteiger partial charge in [-0.1, -0.05) is 0 Å². The first kappa shape index (κ1) is 26.2. The van der Waals surface area contributed by atoms with Crippen molar-refractivity contribution in [2.75, 3.05) is 7.11 Å². The lowest BCUT2D eigenvalue weighted by Gasteiger charge is -2.32. The van der Waals surface area contributed by atoms with Gasteiger partial charge in [0.15, 0.2) is 11.5 Å². The lowest BCUT2D eigenvalue weighted by molar-refractivity contribution is 0.0975. The van der Waals surface area contributed by atoms with E-state index in [-0.39, 0.29) is 22.7 Å². The Hall–Kier alpha value is -2.37. The van der Waals surface area contributed by atoms with Gasteiger partial charge in [0.2, 0.25) is 30.7 Å². The molecule has 0 aliphatic heterocycles. The quantitative estimate of drug-likeness (QED) is 0.337. The van der Waals surface area contributed by atoms with E-state index >= 15 is 0 Å². The molecule has 184 valence electrons. The summed E-state index contributed by atoms with van der Waals surface area (Å²) in [6.07, 6.45) is 0. The van der Waals surface area contributed by atoms with Crippen LogP contribution in [0.15, 0.2) is 18.2 Å². The van der Waals surface area contributed by atoms with Crippen LogP contribution in [0.1, 0.15) is 37.4 Å². The monoisotopic (exact) mass is 516 g/mol. The van der Waals surface area contributed by atoms with Crippen LogP contribution in [0.25, 0.3) is 0 Å². The second-order valence-electron chi connectivity index (χ2n) is 11.6. The van der Waals surface area contributed by atoms with E-state index in [0.717, 1.165) is 5.56 Å². The molecule has 0 saturated carbocycles. The Balaban J connectivity index is 2.38. The van der Waals surface area contributed by atoms with Gasteiger partial charge in [-0.25, -0.2) is 0 Å². The van der Waals surface area contributed by atoms with Gasteiger partial charge in [-0.3, -0.25) is 9.59 Å². The minimum atomic E-state index is -2.17. The molecule has 9 heteroatoms. The van der Waals surface area contributed by atoms with Gasteiger partial charge in [0, 0.05) is 17.2 Å². The Morgan fingerprint density at radius 3 is 1.62 bits per heavy atom. The molecule has 0 N–H and O–H groups in total. The second kappa shape index (κ2) is 8.69. The average Bonchev–Trinajstić information content (AvgIpc) is 2.64. The maximum atomic E-state index is 14.1. The molecular weight excluding hydrogens is 481 g/mol. The molecule has 0 amide bonds. The molecule has 0 bridgehead atoms. The number of aryl methyl sites for hydroxylation is 1. The highest BCUT2D eigenvalue weighted by atomic mass is 28.4. The van der Waals surface area contributed by atoms with Gasteiger partial charge in [0.25, 0.3) is 0 Å². The van der Waals surface area contributed by atoms with Crippen molar-refractivity contribution in [2.24, 2.45) is 0 Å². The number of benzene rings is 2. The van der Waals surface area contributed by atoms with Gasteiger partial charge in [0.05, 0.1) is 18.2 Å². The third kappa shape index (κ3) is 5.47. The molecule has 0 spiro atoms. The minimum absolute atomic E-state index is 0.244. The van der Waals surface area contributed by atoms with Gasteiger partial charge in [-0.2, -0.15) is 0 Å². The maximum absolute atomic E-state index is 14.1. The van der Waals surface area contributed by atoms with Crippen molar-refractivity contribution in [3.8, 4) is 23.0 Å². The summed E-state index contributed by atoms with van der Waals surface area (Å²) in [7, 11) is -4.78. The van der Waals surface area contributed by atoms with Crippen molar-refractivity contribution in [3.63, 3.8) is 0 Å². The van der Waals surface area contributed by atoms with Gasteiger partial charge < -0.3 is 18.0 Å². The fourth-order valence-electron chi connectivity index (χ4n) is 3.81. The minimum Gasteiger partial charge on any atom is -0.544 e. The molecule has 0 radical (unpaired) electrons. The summed E-state index contributed by atoms with van der Waals surface area (Å²) in [5.41, 5.74) is 1.94. The molecule has 6 nitrogen and oxygen atoms in total. The highest BCUT2D eigenvalue weighted by molar-refractivity contribution is 6.71. The Kier molecular flexibility index (Phi) is 6.71. The molecule has 0 fully saturated rings. The zero-order valence-corrected chi connectivity index (χ0v) is 25.2. The van der Waals surface area contributed by atoms with Crippen LogP contribution in [0.5, 0.6) is 23.0 Å². The highest BCUT2D eigenvalue weighted by Crippen LogP contribution is 2.46. The first-order valence-electron chi connectivity index (χ1n) is 11.5. The van der Waals surface area contributed by atoms with Crippen molar-refractivity contribution in [1.82, 2.24) is 0 Å². The topological polar surface area (TPSA) is 71.1 Å². The third-order valence-corrected chi connectivity index (χ3v) is 7.37. The standard InChI is InChI=1S/C25H36O6Si3/c1-15-12-17-21(25(31-34(9,10)11)24(15)30-33(6,7)8)23(27)20-18(22(17)26)13-16(28-2)14-19(20)29-32(3,4)5/h12-14H,1-11H3. The average molecular weight is 517 g/mol. The molecule has 1 aliphatic carbocycles. The molecule has 34 heavy (non-hydrogen) atoms. The summed E-state index contributed by atoms with van der Waals surface area (Å²) < 4.78 is 24.6. The molecule has 1 aliphatic rings.